The number of carbonyl (C=O) groups is 1. The maximum atomic E-state index is 13.0. The maximum absolute atomic E-state index is 13.0. The quantitative estimate of drug-likeness (QED) is 0.621. The van der Waals surface area contributed by atoms with Gasteiger partial charge in [0.2, 0.25) is 0 Å². The molecule has 0 amide bonds. The van der Waals surface area contributed by atoms with Gasteiger partial charge < -0.3 is 9.14 Å². The van der Waals surface area contributed by atoms with Gasteiger partial charge in [0.05, 0.1) is 21.7 Å². The van der Waals surface area contributed by atoms with Crippen LogP contribution in [0.15, 0.2) is 42.7 Å². The molecule has 2 unspecified atom stereocenters. The molecule has 4 rings (SSSR count). The molecule has 0 saturated heterocycles. The number of fused-ring (bicyclic) bond motifs is 1. The minimum atomic E-state index is -0.283. The Morgan fingerprint density at radius 1 is 1.28 bits per heavy atom. The second kappa shape index (κ2) is 6.32. The minimum Gasteiger partial charge on any atom is -0.459 e. The van der Waals surface area contributed by atoms with Crippen molar-refractivity contribution in [3.63, 3.8) is 0 Å². The number of pyridine rings is 1. The number of esters is 1. The van der Waals surface area contributed by atoms with Gasteiger partial charge in [-0.1, -0.05) is 35.3 Å². The van der Waals surface area contributed by atoms with Gasteiger partial charge in [-0.25, -0.2) is 9.37 Å². The first-order chi connectivity index (χ1) is 12.0. The maximum Gasteiger partial charge on any atom is 0.309 e. The van der Waals surface area contributed by atoms with Crippen LogP contribution in [-0.4, -0.2) is 15.4 Å². The van der Waals surface area contributed by atoms with Crippen molar-refractivity contribution in [3.8, 4) is 0 Å². The predicted molar refractivity (Wildman–Crippen MR) is 92.3 cm³/mol. The van der Waals surface area contributed by atoms with Crippen LogP contribution in [-0.2, 0) is 16.1 Å². The number of benzene rings is 1. The summed E-state index contributed by atoms with van der Waals surface area (Å²) >= 11 is 12.0. The summed E-state index contributed by atoms with van der Waals surface area (Å²) in [7, 11) is 0. The van der Waals surface area contributed by atoms with E-state index in [1.54, 1.807) is 35.0 Å². The van der Waals surface area contributed by atoms with Crippen LogP contribution in [0.4, 0.5) is 4.39 Å². The summed E-state index contributed by atoms with van der Waals surface area (Å²) in [4.78, 5) is 16.5. The number of nitrogens with zero attached hydrogens (tertiary/aromatic N) is 2. The molecule has 3 aromatic rings. The third-order valence-corrected chi connectivity index (χ3v) is 4.76. The van der Waals surface area contributed by atoms with Gasteiger partial charge >= 0.3 is 5.97 Å². The van der Waals surface area contributed by atoms with E-state index in [1.807, 2.05) is 0 Å². The third kappa shape index (κ3) is 3.34. The van der Waals surface area contributed by atoms with E-state index in [0.29, 0.717) is 21.4 Å². The summed E-state index contributed by atoms with van der Waals surface area (Å²) in [6, 6.07) is 7.84. The molecule has 2 atom stereocenters. The molecule has 1 aliphatic rings. The predicted octanol–water partition coefficient (Wildman–Crippen LogP) is 4.63. The van der Waals surface area contributed by atoms with E-state index in [1.165, 1.54) is 12.1 Å². The fourth-order valence-electron chi connectivity index (χ4n) is 2.93. The fraction of sp³-hybridized carbons (Fsp3) is 0.222. The molecule has 2 heterocycles. The summed E-state index contributed by atoms with van der Waals surface area (Å²) in [6.07, 6.45) is 4.13. The Morgan fingerprint density at radius 3 is 2.80 bits per heavy atom. The highest BCUT2D eigenvalue weighted by Crippen LogP contribution is 2.48. The van der Waals surface area contributed by atoms with Crippen LogP contribution in [0.2, 0.25) is 10.0 Å². The normalized spacial score (nSPS) is 19.2. The van der Waals surface area contributed by atoms with Crippen LogP contribution in [0.25, 0.3) is 5.65 Å². The van der Waals surface area contributed by atoms with Crippen LogP contribution >= 0.6 is 23.2 Å². The number of halogens is 3. The lowest BCUT2D eigenvalue weighted by Crippen LogP contribution is -2.08. The lowest BCUT2D eigenvalue weighted by Gasteiger charge is -2.03. The Morgan fingerprint density at radius 2 is 2.04 bits per heavy atom. The SMILES string of the molecule is O=C(OCc1cn2cc(Cl)cc(Cl)c2n1)C1CC1c1ccc(F)cc1. The molecule has 25 heavy (non-hydrogen) atoms. The molecule has 1 saturated carbocycles. The average Bonchev–Trinajstić information content (AvgIpc) is 3.26. The topological polar surface area (TPSA) is 43.6 Å². The highest BCUT2D eigenvalue weighted by molar-refractivity contribution is 6.36. The van der Waals surface area contributed by atoms with Crippen LogP contribution in [0.3, 0.4) is 0 Å². The average molecular weight is 379 g/mol. The summed E-state index contributed by atoms with van der Waals surface area (Å²) in [5, 5.41) is 0.933. The highest BCUT2D eigenvalue weighted by Gasteiger charge is 2.45. The lowest BCUT2D eigenvalue weighted by molar-refractivity contribution is -0.146. The van der Waals surface area contributed by atoms with E-state index in [4.69, 9.17) is 27.9 Å². The second-order valence-electron chi connectivity index (χ2n) is 6.08. The number of carbonyl (C=O) groups excluding carboxylic acids is 1. The van der Waals surface area contributed by atoms with Crippen LogP contribution in [0.5, 0.6) is 0 Å². The third-order valence-electron chi connectivity index (χ3n) is 4.28. The highest BCUT2D eigenvalue weighted by atomic mass is 35.5. The van der Waals surface area contributed by atoms with Gasteiger partial charge in [-0.15, -0.1) is 0 Å². The number of hydrogen-bond donors (Lipinski definition) is 0. The van der Waals surface area contributed by atoms with Crippen molar-refractivity contribution in [3.05, 3.63) is 69.8 Å². The molecule has 2 aromatic heterocycles. The smallest absolute Gasteiger partial charge is 0.309 e. The van der Waals surface area contributed by atoms with E-state index in [-0.39, 0.29) is 30.2 Å². The van der Waals surface area contributed by atoms with Crippen molar-refractivity contribution in [2.75, 3.05) is 0 Å². The molecule has 0 radical (unpaired) electrons. The zero-order valence-electron chi connectivity index (χ0n) is 13.0. The van der Waals surface area contributed by atoms with E-state index >= 15 is 0 Å². The van der Waals surface area contributed by atoms with Gasteiger partial charge in [-0.2, -0.15) is 0 Å². The molecule has 1 fully saturated rings. The van der Waals surface area contributed by atoms with E-state index in [9.17, 15) is 9.18 Å². The van der Waals surface area contributed by atoms with Gasteiger partial charge in [-0.3, -0.25) is 4.79 Å². The monoisotopic (exact) mass is 378 g/mol. The van der Waals surface area contributed by atoms with Gasteiger partial charge in [0.25, 0.3) is 0 Å². The Labute approximate surface area is 153 Å². The summed E-state index contributed by atoms with van der Waals surface area (Å²) in [6.45, 7) is 0.0705. The lowest BCUT2D eigenvalue weighted by atomic mass is 10.1. The van der Waals surface area contributed by atoms with Gasteiger partial charge in [0.15, 0.2) is 5.65 Å². The fourth-order valence-corrected chi connectivity index (χ4v) is 3.46. The van der Waals surface area contributed by atoms with Crippen LogP contribution < -0.4 is 0 Å². The molecule has 128 valence electrons. The molecule has 0 aliphatic heterocycles. The van der Waals surface area contributed by atoms with Gasteiger partial charge in [-0.05, 0) is 36.1 Å². The Kier molecular flexibility index (Phi) is 4.13. The first-order valence-electron chi connectivity index (χ1n) is 7.76. The first kappa shape index (κ1) is 16.4. The Hall–Kier alpha value is -2.11. The second-order valence-corrected chi connectivity index (χ2v) is 6.92. The van der Waals surface area contributed by atoms with Gasteiger partial charge in [0.1, 0.15) is 12.4 Å². The molecule has 1 aromatic carbocycles. The number of ether oxygens (including phenoxy) is 1. The van der Waals surface area contributed by atoms with Gasteiger partial charge in [0, 0.05) is 12.4 Å². The van der Waals surface area contributed by atoms with Crippen LogP contribution in [0.1, 0.15) is 23.6 Å². The molecule has 1 aliphatic carbocycles. The van der Waals surface area contributed by atoms with Crippen molar-refractivity contribution in [1.29, 1.82) is 0 Å². The summed E-state index contributed by atoms with van der Waals surface area (Å²) in [5.41, 5.74) is 2.11. The summed E-state index contributed by atoms with van der Waals surface area (Å²) in [5.74, 6) is -0.632. The van der Waals surface area contributed by atoms with Crippen molar-refractivity contribution in [2.24, 2.45) is 5.92 Å². The largest absolute Gasteiger partial charge is 0.459 e. The molecular weight excluding hydrogens is 366 g/mol. The molecule has 0 N–H and O–H groups in total. The van der Waals surface area contributed by atoms with Crippen molar-refractivity contribution < 1.29 is 13.9 Å². The molecule has 0 bridgehead atoms. The van der Waals surface area contributed by atoms with Crippen molar-refractivity contribution in [1.82, 2.24) is 9.38 Å². The number of hydrogen-bond acceptors (Lipinski definition) is 3. The number of imidazole rings is 1. The van der Waals surface area contributed by atoms with Crippen molar-refractivity contribution in [2.45, 2.75) is 18.9 Å². The Balaban J connectivity index is 1.39. The first-order valence-corrected chi connectivity index (χ1v) is 8.51. The zero-order valence-corrected chi connectivity index (χ0v) is 14.5. The van der Waals surface area contributed by atoms with Crippen molar-refractivity contribution >= 4 is 34.8 Å². The van der Waals surface area contributed by atoms with Crippen LogP contribution in [0, 0.1) is 11.7 Å². The van der Waals surface area contributed by atoms with E-state index in [2.05, 4.69) is 4.98 Å². The number of aromatic nitrogens is 2. The molecule has 4 nitrogen and oxygen atoms in total. The number of rotatable bonds is 4. The van der Waals surface area contributed by atoms with E-state index < -0.39 is 0 Å². The zero-order chi connectivity index (χ0) is 17.6. The van der Waals surface area contributed by atoms with E-state index in [0.717, 1.165) is 12.0 Å². The Bertz CT molecular complexity index is 956. The molecule has 7 heteroatoms. The molecular formula is C18H13Cl2FN2O2. The standard InChI is InChI=1S/C18H13Cl2FN2O2/c19-11-5-16(20)17-22-13(8-23(17)7-11)9-25-18(24)15-6-14(15)10-1-3-12(21)4-2-10/h1-5,7-8,14-15H,6,9H2. The summed E-state index contributed by atoms with van der Waals surface area (Å²) < 4.78 is 20.0. The molecule has 0 spiro atoms. The minimum absolute atomic E-state index is 0.0705.